The van der Waals surface area contributed by atoms with Crippen molar-refractivity contribution < 1.29 is 13.9 Å². The summed E-state index contributed by atoms with van der Waals surface area (Å²) in [6, 6.07) is 4.74. The highest BCUT2D eigenvalue weighted by Gasteiger charge is 2.22. The third-order valence-corrected chi connectivity index (χ3v) is 3.35. The molecule has 0 radical (unpaired) electrons. The van der Waals surface area contributed by atoms with E-state index in [1.165, 1.54) is 7.11 Å². The molecule has 0 saturated heterocycles. The molecule has 6 heteroatoms. The molecule has 1 aromatic heterocycles. The molecule has 6 nitrogen and oxygen atoms in total. The Hall–Kier alpha value is -2.37. The SMILES string of the molecule is COC(=O)[C@H](CC(C)C)Nc1nc(=O)c2c(C)cccc2o1. The number of esters is 1. The zero-order valence-electron chi connectivity index (χ0n) is 13.2. The van der Waals surface area contributed by atoms with Crippen LogP contribution in [-0.2, 0) is 9.53 Å². The van der Waals surface area contributed by atoms with Crippen LogP contribution < -0.4 is 10.9 Å². The summed E-state index contributed by atoms with van der Waals surface area (Å²) in [5, 5.41) is 3.31. The lowest BCUT2D eigenvalue weighted by molar-refractivity contribution is -0.141. The van der Waals surface area contributed by atoms with E-state index in [9.17, 15) is 9.59 Å². The van der Waals surface area contributed by atoms with Gasteiger partial charge in [0, 0.05) is 0 Å². The van der Waals surface area contributed by atoms with Crippen LogP contribution in [0, 0.1) is 12.8 Å². The van der Waals surface area contributed by atoms with Crippen LogP contribution in [0.5, 0.6) is 0 Å². The molecule has 118 valence electrons. The molecule has 1 aromatic carbocycles. The lowest BCUT2D eigenvalue weighted by atomic mass is 10.0. The summed E-state index contributed by atoms with van der Waals surface area (Å²) in [7, 11) is 1.32. The fourth-order valence-electron chi connectivity index (χ4n) is 2.31. The van der Waals surface area contributed by atoms with Crippen molar-refractivity contribution in [2.24, 2.45) is 5.92 Å². The maximum absolute atomic E-state index is 12.1. The highest BCUT2D eigenvalue weighted by Crippen LogP contribution is 2.18. The second-order valence-electron chi connectivity index (χ2n) is 5.62. The highest BCUT2D eigenvalue weighted by atomic mass is 16.5. The van der Waals surface area contributed by atoms with Crippen molar-refractivity contribution in [3.05, 3.63) is 34.1 Å². The number of fused-ring (bicyclic) bond motifs is 1. The van der Waals surface area contributed by atoms with Crippen LogP contribution in [0.1, 0.15) is 25.8 Å². The number of aromatic nitrogens is 1. The Morgan fingerprint density at radius 3 is 2.77 bits per heavy atom. The Labute approximate surface area is 128 Å². The van der Waals surface area contributed by atoms with E-state index in [4.69, 9.17) is 9.15 Å². The van der Waals surface area contributed by atoms with E-state index >= 15 is 0 Å². The molecule has 0 fully saturated rings. The molecule has 0 amide bonds. The molecule has 0 bridgehead atoms. The van der Waals surface area contributed by atoms with E-state index in [1.54, 1.807) is 12.1 Å². The average molecular weight is 304 g/mol. The fourth-order valence-corrected chi connectivity index (χ4v) is 2.31. The maximum atomic E-state index is 12.1. The fraction of sp³-hybridized carbons (Fsp3) is 0.438. The molecule has 0 saturated carbocycles. The molecular weight excluding hydrogens is 284 g/mol. The predicted molar refractivity (Wildman–Crippen MR) is 83.9 cm³/mol. The number of rotatable bonds is 5. The van der Waals surface area contributed by atoms with Gasteiger partial charge in [-0.3, -0.25) is 4.79 Å². The van der Waals surface area contributed by atoms with Gasteiger partial charge in [-0.15, -0.1) is 0 Å². The van der Waals surface area contributed by atoms with E-state index in [0.29, 0.717) is 17.4 Å². The number of carbonyl (C=O) groups is 1. The van der Waals surface area contributed by atoms with Crippen molar-refractivity contribution in [3.63, 3.8) is 0 Å². The molecule has 0 spiro atoms. The third kappa shape index (κ3) is 3.44. The van der Waals surface area contributed by atoms with Crippen molar-refractivity contribution in [3.8, 4) is 0 Å². The van der Waals surface area contributed by atoms with Gasteiger partial charge in [-0.1, -0.05) is 26.0 Å². The summed E-state index contributed by atoms with van der Waals surface area (Å²) < 4.78 is 10.4. The number of anilines is 1. The van der Waals surface area contributed by atoms with Gasteiger partial charge in [-0.2, -0.15) is 4.98 Å². The Morgan fingerprint density at radius 2 is 2.14 bits per heavy atom. The first-order valence-electron chi connectivity index (χ1n) is 7.17. The first-order valence-corrected chi connectivity index (χ1v) is 7.17. The largest absolute Gasteiger partial charge is 0.467 e. The number of aryl methyl sites for hydroxylation is 1. The third-order valence-electron chi connectivity index (χ3n) is 3.35. The number of ether oxygens (including phenoxy) is 1. The smallest absolute Gasteiger partial charge is 0.328 e. The highest BCUT2D eigenvalue weighted by molar-refractivity contribution is 5.81. The van der Waals surface area contributed by atoms with Crippen molar-refractivity contribution in [2.45, 2.75) is 33.2 Å². The molecule has 0 aliphatic rings. The second-order valence-corrected chi connectivity index (χ2v) is 5.62. The van der Waals surface area contributed by atoms with Crippen molar-refractivity contribution in [1.29, 1.82) is 0 Å². The summed E-state index contributed by atoms with van der Waals surface area (Å²) in [5.41, 5.74) is 0.864. The topological polar surface area (TPSA) is 81.4 Å². The van der Waals surface area contributed by atoms with Gasteiger partial charge in [0.05, 0.1) is 12.5 Å². The van der Waals surface area contributed by atoms with E-state index in [-0.39, 0.29) is 17.5 Å². The minimum absolute atomic E-state index is 0.0270. The molecule has 2 rings (SSSR count). The lowest BCUT2D eigenvalue weighted by Gasteiger charge is -2.17. The molecule has 2 aromatic rings. The number of hydrogen-bond acceptors (Lipinski definition) is 6. The van der Waals surface area contributed by atoms with Crippen LogP contribution in [0.25, 0.3) is 11.0 Å². The molecule has 1 atom stereocenters. The lowest BCUT2D eigenvalue weighted by Crippen LogP contribution is -2.33. The zero-order chi connectivity index (χ0) is 16.3. The Kier molecular flexibility index (Phi) is 4.80. The van der Waals surface area contributed by atoms with E-state index in [1.807, 2.05) is 26.8 Å². The predicted octanol–water partition coefficient (Wildman–Crippen LogP) is 2.50. The number of carbonyl (C=O) groups excluding carboxylic acids is 1. The van der Waals surface area contributed by atoms with E-state index in [0.717, 1.165) is 5.56 Å². The normalized spacial score (nSPS) is 12.4. The van der Waals surface area contributed by atoms with E-state index < -0.39 is 12.0 Å². The van der Waals surface area contributed by atoms with Gasteiger partial charge >= 0.3 is 5.97 Å². The van der Waals surface area contributed by atoms with Gasteiger partial charge in [0.25, 0.3) is 11.6 Å². The number of nitrogens with one attached hydrogen (secondary N) is 1. The van der Waals surface area contributed by atoms with Crippen LogP contribution in [0.3, 0.4) is 0 Å². The van der Waals surface area contributed by atoms with Crippen LogP contribution in [0.15, 0.2) is 27.4 Å². The van der Waals surface area contributed by atoms with Gasteiger partial charge in [-0.05, 0) is 30.9 Å². The maximum Gasteiger partial charge on any atom is 0.328 e. The summed E-state index contributed by atoms with van der Waals surface area (Å²) in [6.07, 6.45) is 0.546. The Morgan fingerprint density at radius 1 is 1.41 bits per heavy atom. The monoisotopic (exact) mass is 304 g/mol. The standard InChI is InChI=1S/C16H20N2O4/c1-9(2)8-11(15(20)21-4)17-16-18-14(19)13-10(3)6-5-7-12(13)22-16/h5-7,9,11H,8H2,1-4H3,(H,17,18,19)/t11-/m0/s1. The van der Waals surface area contributed by atoms with Gasteiger partial charge in [0.15, 0.2) is 0 Å². The molecule has 0 unspecified atom stereocenters. The van der Waals surface area contributed by atoms with E-state index in [2.05, 4.69) is 10.3 Å². The minimum atomic E-state index is -0.608. The molecule has 0 aliphatic heterocycles. The van der Waals surface area contributed by atoms with Gasteiger partial charge in [0.1, 0.15) is 11.6 Å². The van der Waals surface area contributed by atoms with Crippen molar-refractivity contribution in [2.75, 3.05) is 12.4 Å². The first-order chi connectivity index (χ1) is 10.4. The van der Waals surface area contributed by atoms with Crippen LogP contribution >= 0.6 is 0 Å². The minimum Gasteiger partial charge on any atom is -0.467 e. The molecule has 22 heavy (non-hydrogen) atoms. The van der Waals surface area contributed by atoms with Crippen molar-refractivity contribution in [1.82, 2.24) is 4.98 Å². The van der Waals surface area contributed by atoms with Gasteiger partial charge in [0.2, 0.25) is 0 Å². The van der Waals surface area contributed by atoms with Gasteiger partial charge < -0.3 is 14.5 Å². The molecular formula is C16H20N2O4. The Balaban J connectivity index is 2.38. The number of methoxy groups -OCH3 is 1. The molecule has 1 N–H and O–H groups in total. The Bertz CT molecular complexity index is 736. The quantitative estimate of drug-likeness (QED) is 0.855. The second kappa shape index (κ2) is 6.60. The first kappa shape index (κ1) is 16.0. The molecule has 0 aliphatic carbocycles. The number of benzene rings is 1. The van der Waals surface area contributed by atoms with Crippen LogP contribution in [0.4, 0.5) is 6.01 Å². The molecule has 1 heterocycles. The van der Waals surface area contributed by atoms with Gasteiger partial charge in [-0.25, -0.2) is 4.79 Å². The number of nitrogens with zero attached hydrogens (tertiary/aromatic N) is 1. The summed E-state index contributed by atoms with van der Waals surface area (Å²) in [5.74, 6) is -0.145. The van der Waals surface area contributed by atoms with Crippen molar-refractivity contribution >= 4 is 23.0 Å². The summed E-state index contributed by atoms with van der Waals surface area (Å²) in [6.45, 7) is 5.81. The summed E-state index contributed by atoms with van der Waals surface area (Å²) in [4.78, 5) is 27.8. The van der Waals surface area contributed by atoms with Crippen LogP contribution in [-0.4, -0.2) is 24.1 Å². The summed E-state index contributed by atoms with van der Waals surface area (Å²) >= 11 is 0. The zero-order valence-corrected chi connectivity index (χ0v) is 13.2. The average Bonchev–Trinajstić information content (AvgIpc) is 2.45. The van der Waals surface area contributed by atoms with Crippen LogP contribution in [0.2, 0.25) is 0 Å². The number of hydrogen-bond donors (Lipinski definition) is 1.